The quantitative estimate of drug-likeness (QED) is 0.257. The smallest absolute Gasteiger partial charge is 0.151 e. The van der Waals surface area contributed by atoms with Crippen LogP contribution >= 0.6 is 0 Å². The zero-order chi connectivity index (χ0) is 23.2. The van der Waals surface area contributed by atoms with Crippen molar-refractivity contribution in [2.45, 2.75) is 63.1 Å². The number of hydrogen-bond acceptors (Lipinski definition) is 1. The minimum absolute atomic E-state index is 0.257. The van der Waals surface area contributed by atoms with Crippen molar-refractivity contribution in [1.82, 2.24) is 0 Å². The summed E-state index contributed by atoms with van der Waals surface area (Å²) in [5.74, 6) is -1.03. The first-order valence-electron chi connectivity index (χ1n) is 12.2. The Kier molecular flexibility index (Phi) is 7.72. The lowest BCUT2D eigenvalue weighted by molar-refractivity contribution is 0.579. The number of unbranched alkanes of at least 4 members (excludes halogenated alkanes) is 2. The molecule has 0 aromatic heterocycles. The van der Waals surface area contributed by atoms with E-state index in [9.17, 15) is 14.0 Å². The van der Waals surface area contributed by atoms with Gasteiger partial charge in [-0.05, 0) is 53.1 Å². The van der Waals surface area contributed by atoms with E-state index in [2.05, 4.69) is 31.2 Å². The maximum Gasteiger partial charge on any atom is 0.151 e. The third-order valence-corrected chi connectivity index (χ3v) is 10.7. The van der Waals surface area contributed by atoms with Crippen LogP contribution in [0.3, 0.4) is 0 Å². The molecule has 1 heterocycles. The molecule has 1 aliphatic rings. The van der Waals surface area contributed by atoms with E-state index in [1.807, 2.05) is 24.3 Å². The van der Waals surface area contributed by atoms with E-state index in [4.69, 9.17) is 0 Å². The van der Waals surface area contributed by atoms with Crippen molar-refractivity contribution in [3.63, 3.8) is 0 Å². The van der Waals surface area contributed by atoms with Crippen LogP contribution in [0.4, 0.5) is 8.78 Å². The van der Waals surface area contributed by atoms with Gasteiger partial charge in [0.15, 0.2) is 5.82 Å². The van der Waals surface area contributed by atoms with Gasteiger partial charge in [-0.25, -0.2) is 8.78 Å². The molecule has 33 heavy (non-hydrogen) atoms. The second-order valence-corrected chi connectivity index (χ2v) is 12.7. The SMILES string of the molecule is CCCCC[Si@H]1CC[C@H](c2cccc(-c3ccccc3-c3ccc(F)c(C#N)c3F)c2)CC1. The summed E-state index contributed by atoms with van der Waals surface area (Å²) in [7, 11) is -0.558. The maximum absolute atomic E-state index is 15.0. The second-order valence-electron chi connectivity index (χ2n) is 9.28. The fraction of sp³-hybridized carbons (Fsp3) is 0.345. The standard InChI is InChI=1S/C29H31F2NSi/c1-2-3-6-16-33-17-14-21(15-18-33)22-8-7-9-23(19-22)24-10-4-5-11-25(24)26-12-13-28(30)27(20-32)29(26)31/h4-5,7-13,19,21,33H,2-3,6,14-18H2,1H3/t21-,33-. The highest BCUT2D eigenvalue weighted by Crippen LogP contribution is 2.39. The Morgan fingerprint density at radius 3 is 2.39 bits per heavy atom. The molecule has 0 N–H and O–H groups in total. The van der Waals surface area contributed by atoms with E-state index < -0.39 is 26.0 Å². The fourth-order valence-corrected chi connectivity index (χ4v) is 8.74. The van der Waals surface area contributed by atoms with E-state index in [1.54, 1.807) is 6.07 Å². The molecule has 0 saturated carbocycles. The van der Waals surface area contributed by atoms with Gasteiger partial charge in [0.05, 0.1) is 0 Å². The highest BCUT2D eigenvalue weighted by molar-refractivity contribution is 6.59. The van der Waals surface area contributed by atoms with Crippen LogP contribution in [0.25, 0.3) is 22.3 Å². The second kappa shape index (κ2) is 10.9. The third-order valence-electron chi connectivity index (χ3n) is 7.15. The zero-order valence-electron chi connectivity index (χ0n) is 19.3. The Hall–Kier alpha value is -2.77. The molecule has 1 fully saturated rings. The van der Waals surface area contributed by atoms with E-state index in [0.29, 0.717) is 11.5 Å². The van der Waals surface area contributed by atoms with Crippen LogP contribution in [-0.4, -0.2) is 8.80 Å². The Labute approximate surface area is 197 Å². The molecule has 4 rings (SSSR count). The molecule has 0 unspecified atom stereocenters. The van der Waals surface area contributed by atoms with Crippen LogP contribution in [0.2, 0.25) is 18.1 Å². The summed E-state index contributed by atoms with van der Waals surface area (Å²) < 4.78 is 28.9. The van der Waals surface area contributed by atoms with Crippen LogP contribution in [0.5, 0.6) is 0 Å². The molecule has 0 aliphatic carbocycles. The molecule has 4 heteroatoms. The molecule has 0 spiro atoms. The van der Waals surface area contributed by atoms with Gasteiger partial charge in [-0.2, -0.15) is 5.26 Å². The predicted octanol–water partition coefficient (Wildman–Crippen LogP) is 8.47. The predicted molar refractivity (Wildman–Crippen MR) is 135 cm³/mol. The molecular weight excluding hydrogens is 428 g/mol. The summed E-state index contributed by atoms with van der Waals surface area (Å²) in [6.07, 6.45) is 6.66. The van der Waals surface area contributed by atoms with E-state index in [-0.39, 0.29) is 5.56 Å². The van der Waals surface area contributed by atoms with E-state index in [0.717, 1.165) is 11.1 Å². The van der Waals surface area contributed by atoms with Gasteiger partial charge in [-0.1, -0.05) is 92.8 Å². The van der Waals surface area contributed by atoms with Gasteiger partial charge in [-0.3, -0.25) is 0 Å². The van der Waals surface area contributed by atoms with Gasteiger partial charge < -0.3 is 0 Å². The van der Waals surface area contributed by atoms with Crippen molar-refractivity contribution < 1.29 is 8.78 Å². The lowest BCUT2D eigenvalue weighted by atomic mass is 9.88. The number of hydrogen-bond donors (Lipinski definition) is 0. The molecule has 3 aromatic rings. The topological polar surface area (TPSA) is 23.8 Å². The van der Waals surface area contributed by atoms with Crippen molar-refractivity contribution in [2.24, 2.45) is 0 Å². The largest absolute Gasteiger partial charge is 0.205 e. The Morgan fingerprint density at radius 2 is 1.67 bits per heavy atom. The summed E-state index contributed by atoms with van der Waals surface area (Å²) in [6.45, 7) is 2.27. The van der Waals surface area contributed by atoms with Crippen LogP contribution < -0.4 is 0 Å². The molecule has 170 valence electrons. The van der Waals surface area contributed by atoms with Crippen molar-refractivity contribution in [2.75, 3.05) is 0 Å². The number of benzene rings is 3. The number of nitrogens with zero attached hydrogens (tertiary/aromatic N) is 1. The minimum Gasteiger partial charge on any atom is -0.205 e. The molecule has 0 bridgehead atoms. The minimum atomic E-state index is -0.827. The summed E-state index contributed by atoms with van der Waals surface area (Å²) in [5.41, 5.74) is 3.70. The lowest BCUT2D eigenvalue weighted by Gasteiger charge is -2.28. The Balaban J connectivity index is 1.59. The molecule has 1 aliphatic heterocycles. The summed E-state index contributed by atoms with van der Waals surface area (Å²) in [6, 6.07) is 24.9. The summed E-state index contributed by atoms with van der Waals surface area (Å²) in [4.78, 5) is 0. The normalized spacial score (nSPS) is 18.1. The molecule has 0 amide bonds. The number of halogens is 2. The fourth-order valence-electron chi connectivity index (χ4n) is 5.26. The molecule has 1 nitrogen and oxygen atoms in total. The van der Waals surface area contributed by atoms with Crippen LogP contribution in [0.15, 0.2) is 60.7 Å². The van der Waals surface area contributed by atoms with Crippen LogP contribution in [-0.2, 0) is 0 Å². The van der Waals surface area contributed by atoms with Gasteiger partial charge in [0.2, 0.25) is 0 Å². The van der Waals surface area contributed by atoms with Gasteiger partial charge in [-0.15, -0.1) is 0 Å². The summed E-state index contributed by atoms with van der Waals surface area (Å²) >= 11 is 0. The molecule has 0 atom stereocenters. The van der Waals surface area contributed by atoms with Crippen molar-refractivity contribution in [1.29, 1.82) is 5.26 Å². The first kappa shape index (κ1) is 23.4. The Bertz CT molecular complexity index is 1140. The van der Waals surface area contributed by atoms with Crippen molar-refractivity contribution in [3.05, 3.63) is 83.4 Å². The maximum atomic E-state index is 15.0. The van der Waals surface area contributed by atoms with Crippen molar-refractivity contribution in [3.8, 4) is 28.3 Å². The van der Waals surface area contributed by atoms with Crippen molar-refractivity contribution >= 4 is 8.80 Å². The van der Waals surface area contributed by atoms with Crippen LogP contribution in [0.1, 0.15) is 56.1 Å². The van der Waals surface area contributed by atoms with Gasteiger partial charge in [0.1, 0.15) is 17.4 Å². The van der Waals surface area contributed by atoms with Gasteiger partial charge in [0.25, 0.3) is 0 Å². The van der Waals surface area contributed by atoms with E-state index >= 15 is 0 Å². The van der Waals surface area contributed by atoms with Gasteiger partial charge in [0, 0.05) is 14.4 Å². The average molecular weight is 460 g/mol. The molecular formula is C29H31F2NSi. The average Bonchev–Trinajstić information content (AvgIpc) is 2.85. The Morgan fingerprint density at radius 1 is 0.909 bits per heavy atom. The van der Waals surface area contributed by atoms with E-state index in [1.165, 1.54) is 67.9 Å². The molecule has 1 saturated heterocycles. The third kappa shape index (κ3) is 5.25. The summed E-state index contributed by atoms with van der Waals surface area (Å²) in [5, 5.41) is 9.19. The highest BCUT2D eigenvalue weighted by atomic mass is 28.3. The lowest BCUT2D eigenvalue weighted by Crippen LogP contribution is -2.20. The monoisotopic (exact) mass is 459 g/mol. The van der Waals surface area contributed by atoms with Gasteiger partial charge >= 0.3 is 0 Å². The number of nitriles is 1. The highest BCUT2D eigenvalue weighted by Gasteiger charge is 2.23. The first-order chi connectivity index (χ1) is 16.1. The molecule has 0 radical (unpaired) electrons. The zero-order valence-corrected chi connectivity index (χ0v) is 20.4. The first-order valence-corrected chi connectivity index (χ1v) is 14.6. The number of rotatable bonds is 7. The molecule has 3 aromatic carbocycles. The van der Waals surface area contributed by atoms with Crippen LogP contribution in [0, 0.1) is 23.0 Å².